The van der Waals surface area contributed by atoms with Gasteiger partial charge in [0, 0.05) is 5.38 Å². The summed E-state index contributed by atoms with van der Waals surface area (Å²) in [6, 6.07) is 0. The summed E-state index contributed by atoms with van der Waals surface area (Å²) in [6.07, 6.45) is 3.34. The van der Waals surface area contributed by atoms with Gasteiger partial charge in [0.25, 0.3) is 0 Å². The van der Waals surface area contributed by atoms with E-state index in [0.717, 1.165) is 0 Å². The molecule has 1 rings (SSSR count). The van der Waals surface area contributed by atoms with E-state index < -0.39 is 5.97 Å². The van der Waals surface area contributed by atoms with Crippen molar-refractivity contribution in [3.63, 3.8) is 0 Å². The Balaban J connectivity index is 2.68. The van der Waals surface area contributed by atoms with Crippen LogP contribution < -0.4 is 0 Å². The first-order valence-electron chi connectivity index (χ1n) is 4.18. The molecule has 0 fully saturated rings. The number of thiophene rings is 1. The largest absolute Gasteiger partial charge is 0.478 e. The van der Waals surface area contributed by atoms with Crippen LogP contribution in [0.4, 0.5) is 0 Å². The smallest absolute Gasteiger partial charge is 0.337 e. The van der Waals surface area contributed by atoms with E-state index in [1.165, 1.54) is 18.4 Å². The van der Waals surface area contributed by atoms with E-state index in [-0.39, 0.29) is 18.0 Å². The fourth-order valence-corrected chi connectivity index (χ4v) is 1.77. The van der Waals surface area contributed by atoms with E-state index in [4.69, 9.17) is 5.11 Å². The molecule has 1 heterocycles. The highest BCUT2D eigenvalue weighted by Gasteiger charge is 2.08. The summed E-state index contributed by atoms with van der Waals surface area (Å²) in [4.78, 5) is 21.5. The predicted octanol–water partition coefficient (Wildman–Crippen LogP) is 2.02. The Hall–Kier alpha value is -1.62. The molecule has 0 saturated carbocycles. The predicted molar refractivity (Wildman–Crippen MR) is 56.9 cm³/mol. The quantitative estimate of drug-likeness (QED) is 0.798. The molecular formula is C10H10O4S. The second-order valence-electron chi connectivity index (χ2n) is 2.73. The summed E-state index contributed by atoms with van der Waals surface area (Å²) < 4.78 is 4.44. The zero-order valence-corrected chi connectivity index (χ0v) is 8.91. The Morgan fingerprint density at radius 1 is 1.53 bits per heavy atom. The van der Waals surface area contributed by atoms with Crippen molar-refractivity contribution in [3.8, 4) is 0 Å². The molecule has 0 unspecified atom stereocenters. The third-order valence-electron chi connectivity index (χ3n) is 1.73. The average Bonchev–Trinajstić information content (AvgIpc) is 2.65. The van der Waals surface area contributed by atoms with E-state index in [9.17, 15) is 9.59 Å². The Kier molecular flexibility index (Phi) is 4.05. The first-order chi connectivity index (χ1) is 7.15. The minimum absolute atomic E-state index is 0.144. The molecule has 0 bridgehead atoms. The van der Waals surface area contributed by atoms with E-state index in [0.29, 0.717) is 5.56 Å². The van der Waals surface area contributed by atoms with Crippen molar-refractivity contribution in [2.45, 2.75) is 6.42 Å². The van der Waals surface area contributed by atoms with Crippen LogP contribution in [0.3, 0.4) is 0 Å². The number of carbonyl (C=O) groups is 2. The van der Waals surface area contributed by atoms with Gasteiger partial charge in [0.2, 0.25) is 0 Å². The third-order valence-corrected chi connectivity index (χ3v) is 2.49. The number of aromatic carboxylic acids is 1. The molecule has 4 nitrogen and oxygen atoms in total. The number of carboxylic acid groups (broad SMARTS) is 1. The van der Waals surface area contributed by atoms with Crippen molar-refractivity contribution < 1.29 is 19.4 Å². The van der Waals surface area contributed by atoms with Crippen molar-refractivity contribution in [3.05, 3.63) is 28.0 Å². The van der Waals surface area contributed by atoms with Crippen LogP contribution in [0.25, 0.3) is 6.08 Å². The number of rotatable bonds is 4. The molecule has 1 aromatic rings. The maximum absolute atomic E-state index is 10.8. The fraction of sp³-hybridized carbons (Fsp3) is 0.200. The van der Waals surface area contributed by atoms with Crippen LogP contribution in [-0.2, 0) is 9.53 Å². The van der Waals surface area contributed by atoms with Crippen LogP contribution in [0, 0.1) is 0 Å². The van der Waals surface area contributed by atoms with Gasteiger partial charge in [0.15, 0.2) is 0 Å². The van der Waals surface area contributed by atoms with Gasteiger partial charge in [-0.25, -0.2) is 4.79 Å². The molecule has 0 aromatic carbocycles. The number of carbonyl (C=O) groups excluding carboxylic acids is 1. The lowest BCUT2D eigenvalue weighted by atomic mass is 10.2. The summed E-state index contributed by atoms with van der Waals surface area (Å²) in [5.74, 6) is -1.31. The lowest BCUT2D eigenvalue weighted by Crippen LogP contribution is -1.97. The van der Waals surface area contributed by atoms with Crippen LogP contribution in [0.5, 0.6) is 0 Å². The topological polar surface area (TPSA) is 63.6 Å². The third kappa shape index (κ3) is 3.21. The monoisotopic (exact) mass is 226 g/mol. The molecule has 0 atom stereocenters. The molecular weight excluding hydrogens is 216 g/mol. The van der Waals surface area contributed by atoms with Crippen molar-refractivity contribution in [2.75, 3.05) is 7.11 Å². The molecule has 0 aliphatic rings. The number of carboxylic acids is 1. The second kappa shape index (κ2) is 5.31. The summed E-state index contributed by atoms with van der Waals surface area (Å²) in [7, 11) is 1.31. The van der Waals surface area contributed by atoms with Gasteiger partial charge in [0.05, 0.1) is 19.1 Å². The Morgan fingerprint density at radius 2 is 2.27 bits per heavy atom. The summed E-state index contributed by atoms with van der Waals surface area (Å²) in [5.41, 5.74) is 0.859. The number of esters is 1. The molecule has 15 heavy (non-hydrogen) atoms. The minimum atomic E-state index is -0.964. The summed E-state index contributed by atoms with van der Waals surface area (Å²) in [6.45, 7) is 0. The molecule has 1 aromatic heterocycles. The van der Waals surface area contributed by atoms with Crippen molar-refractivity contribution in [2.24, 2.45) is 0 Å². The molecule has 0 aliphatic heterocycles. The lowest BCUT2D eigenvalue weighted by molar-refractivity contribution is -0.139. The average molecular weight is 226 g/mol. The van der Waals surface area contributed by atoms with E-state index in [2.05, 4.69) is 4.74 Å². The first kappa shape index (κ1) is 11.5. The zero-order chi connectivity index (χ0) is 11.3. The van der Waals surface area contributed by atoms with Gasteiger partial charge >= 0.3 is 11.9 Å². The van der Waals surface area contributed by atoms with E-state index in [1.54, 1.807) is 22.9 Å². The summed E-state index contributed by atoms with van der Waals surface area (Å²) in [5, 5.41) is 12.1. The van der Waals surface area contributed by atoms with Gasteiger partial charge < -0.3 is 9.84 Å². The van der Waals surface area contributed by atoms with Crippen LogP contribution in [0.1, 0.15) is 22.3 Å². The highest BCUT2D eigenvalue weighted by atomic mass is 32.1. The number of hydrogen-bond acceptors (Lipinski definition) is 4. The Bertz CT molecular complexity index is 392. The molecule has 0 saturated heterocycles. The minimum Gasteiger partial charge on any atom is -0.478 e. The SMILES string of the molecule is COC(=O)CC=Cc1cscc1C(=O)O. The van der Waals surface area contributed by atoms with Crippen LogP contribution in [0.15, 0.2) is 16.8 Å². The van der Waals surface area contributed by atoms with Gasteiger partial charge in [-0.3, -0.25) is 4.79 Å². The second-order valence-corrected chi connectivity index (χ2v) is 3.47. The number of ether oxygens (including phenoxy) is 1. The molecule has 1 N–H and O–H groups in total. The molecule has 0 spiro atoms. The van der Waals surface area contributed by atoms with E-state index >= 15 is 0 Å². The Morgan fingerprint density at radius 3 is 2.87 bits per heavy atom. The lowest BCUT2D eigenvalue weighted by Gasteiger charge is -1.93. The van der Waals surface area contributed by atoms with Crippen LogP contribution in [0.2, 0.25) is 0 Å². The van der Waals surface area contributed by atoms with Gasteiger partial charge in [-0.15, -0.1) is 0 Å². The summed E-state index contributed by atoms with van der Waals surface area (Å²) >= 11 is 1.31. The van der Waals surface area contributed by atoms with Crippen LogP contribution in [-0.4, -0.2) is 24.2 Å². The number of hydrogen-bond donors (Lipinski definition) is 1. The fourth-order valence-electron chi connectivity index (χ4n) is 0.975. The maximum atomic E-state index is 10.8. The van der Waals surface area contributed by atoms with Gasteiger partial charge in [0.1, 0.15) is 0 Å². The molecule has 80 valence electrons. The highest BCUT2D eigenvalue weighted by molar-refractivity contribution is 7.08. The Labute approximate surface area is 90.8 Å². The van der Waals surface area contributed by atoms with Gasteiger partial charge in [-0.2, -0.15) is 11.3 Å². The first-order valence-corrected chi connectivity index (χ1v) is 5.12. The van der Waals surface area contributed by atoms with E-state index in [1.807, 2.05) is 0 Å². The highest BCUT2D eigenvalue weighted by Crippen LogP contribution is 2.16. The van der Waals surface area contributed by atoms with Gasteiger partial charge in [-0.05, 0) is 10.9 Å². The van der Waals surface area contributed by atoms with Gasteiger partial charge in [-0.1, -0.05) is 12.2 Å². The van der Waals surface area contributed by atoms with Crippen molar-refractivity contribution in [1.29, 1.82) is 0 Å². The maximum Gasteiger partial charge on any atom is 0.337 e. The van der Waals surface area contributed by atoms with Crippen LogP contribution >= 0.6 is 11.3 Å². The van der Waals surface area contributed by atoms with Crippen molar-refractivity contribution >= 4 is 29.4 Å². The normalized spacial score (nSPS) is 10.5. The number of methoxy groups -OCH3 is 1. The molecule has 0 radical (unpaired) electrons. The zero-order valence-electron chi connectivity index (χ0n) is 8.10. The molecule has 0 aliphatic carbocycles. The molecule has 0 amide bonds. The van der Waals surface area contributed by atoms with Crippen molar-refractivity contribution in [1.82, 2.24) is 0 Å². The molecule has 5 heteroatoms. The standard InChI is InChI=1S/C10H10O4S/c1-14-9(11)4-2-3-7-5-15-6-8(7)10(12)13/h2-3,5-6H,4H2,1H3,(H,12,13).